The molecule has 5 N–H and O–H groups in total. The van der Waals surface area contributed by atoms with Crippen LogP contribution in [-0.4, -0.2) is 17.8 Å². The average Bonchev–Trinajstić information content (AvgIpc) is 2.80. The Kier molecular flexibility index (Phi) is 3.46. The Labute approximate surface area is 131 Å². The molecule has 3 rings (SSSR count). The highest BCUT2D eigenvalue weighted by Gasteiger charge is 2.28. The lowest BCUT2D eigenvalue weighted by Gasteiger charge is -2.21. The number of imide groups is 1. The van der Waals surface area contributed by atoms with Crippen molar-refractivity contribution in [3.05, 3.63) is 59.2 Å². The first-order valence-corrected chi connectivity index (χ1v) is 6.87. The number of anilines is 2. The molecule has 7 heteroatoms. The summed E-state index contributed by atoms with van der Waals surface area (Å²) in [5.74, 6) is -0.940. The van der Waals surface area contributed by atoms with E-state index in [4.69, 9.17) is 11.5 Å². The van der Waals surface area contributed by atoms with Crippen molar-refractivity contribution < 1.29 is 14.4 Å². The van der Waals surface area contributed by atoms with Gasteiger partial charge >= 0.3 is 6.03 Å². The second-order valence-corrected chi connectivity index (χ2v) is 5.14. The molecule has 0 fully saturated rings. The molecule has 0 aliphatic carbocycles. The molecule has 1 aliphatic rings. The number of para-hydroxylation sites is 1. The maximum Gasteiger partial charge on any atom is 0.319 e. The van der Waals surface area contributed by atoms with Gasteiger partial charge in [0.1, 0.15) is 0 Å². The summed E-state index contributed by atoms with van der Waals surface area (Å²) < 4.78 is 0. The fourth-order valence-electron chi connectivity index (χ4n) is 2.47. The van der Waals surface area contributed by atoms with Gasteiger partial charge in [-0.3, -0.25) is 19.8 Å². The van der Waals surface area contributed by atoms with Crippen LogP contribution in [0.3, 0.4) is 0 Å². The van der Waals surface area contributed by atoms with Crippen molar-refractivity contribution in [1.29, 1.82) is 0 Å². The van der Waals surface area contributed by atoms with Crippen LogP contribution in [0.4, 0.5) is 16.2 Å². The first-order chi connectivity index (χ1) is 11.0. The quantitative estimate of drug-likeness (QED) is 0.583. The van der Waals surface area contributed by atoms with Crippen molar-refractivity contribution in [2.24, 2.45) is 5.73 Å². The van der Waals surface area contributed by atoms with Crippen LogP contribution >= 0.6 is 0 Å². The van der Waals surface area contributed by atoms with Crippen molar-refractivity contribution in [2.75, 3.05) is 10.6 Å². The van der Waals surface area contributed by atoms with E-state index in [0.717, 1.165) is 5.56 Å². The second kappa shape index (κ2) is 5.45. The van der Waals surface area contributed by atoms with E-state index in [2.05, 4.69) is 5.32 Å². The number of primary amides is 1. The zero-order chi connectivity index (χ0) is 16.6. The fourth-order valence-corrected chi connectivity index (χ4v) is 2.47. The van der Waals surface area contributed by atoms with Crippen molar-refractivity contribution in [1.82, 2.24) is 5.32 Å². The first kappa shape index (κ1) is 14.6. The van der Waals surface area contributed by atoms with Crippen LogP contribution in [-0.2, 0) is 6.54 Å². The Bertz CT molecular complexity index is 832. The van der Waals surface area contributed by atoms with Gasteiger partial charge in [-0.2, -0.15) is 0 Å². The smallest absolute Gasteiger partial charge is 0.319 e. The Balaban J connectivity index is 1.98. The molecule has 1 aliphatic heterocycles. The summed E-state index contributed by atoms with van der Waals surface area (Å²) in [5, 5.41) is 2.20. The van der Waals surface area contributed by atoms with Gasteiger partial charge in [0.25, 0.3) is 11.8 Å². The summed E-state index contributed by atoms with van der Waals surface area (Å²) in [5.41, 5.74) is 13.5. The van der Waals surface area contributed by atoms with Crippen LogP contribution < -0.4 is 21.7 Å². The number of rotatable bonds is 3. The zero-order valence-corrected chi connectivity index (χ0v) is 12.1. The number of nitrogen functional groups attached to an aromatic ring is 1. The Hall–Kier alpha value is -3.35. The molecule has 0 radical (unpaired) electrons. The summed E-state index contributed by atoms with van der Waals surface area (Å²) in [6.45, 7) is 0.163. The van der Waals surface area contributed by atoms with Gasteiger partial charge in [-0.1, -0.05) is 18.2 Å². The molecule has 23 heavy (non-hydrogen) atoms. The minimum atomic E-state index is -0.682. The third kappa shape index (κ3) is 2.59. The number of urea groups is 1. The monoisotopic (exact) mass is 310 g/mol. The number of nitrogens with zero attached hydrogens (tertiary/aromatic N) is 1. The van der Waals surface area contributed by atoms with Gasteiger partial charge in [0.2, 0.25) is 0 Å². The van der Waals surface area contributed by atoms with E-state index in [9.17, 15) is 14.4 Å². The number of amides is 4. The number of hydrogen-bond acceptors (Lipinski definition) is 4. The number of hydrogen-bond donors (Lipinski definition) is 3. The van der Waals surface area contributed by atoms with Gasteiger partial charge in [-0.05, 0) is 29.8 Å². The number of carbonyl (C=O) groups excluding carboxylic acids is 3. The summed E-state index contributed by atoms with van der Waals surface area (Å²) in [6, 6.07) is 11.0. The number of nitrogens with one attached hydrogen (secondary N) is 1. The van der Waals surface area contributed by atoms with Gasteiger partial charge in [0.05, 0.1) is 17.7 Å². The molecule has 0 saturated carbocycles. The number of nitrogens with two attached hydrogens (primary N) is 2. The van der Waals surface area contributed by atoms with Gasteiger partial charge in [0.15, 0.2) is 0 Å². The largest absolute Gasteiger partial charge is 0.398 e. The molecule has 0 atom stereocenters. The highest BCUT2D eigenvalue weighted by Crippen LogP contribution is 2.25. The molecule has 0 unspecified atom stereocenters. The Morgan fingerprint density at radius 3 is 2.43 bits per heavy atom. The molecule has 4 amide bonds. The van der Waals surface area contributed by atoms with Crippen LogP contribution in [0.25, 0.3) is 0 Å². The number of carbonyl (C=O) groups is 3. The fraction of sp³-hybridized carbons (Fsp3) is 0.0625. The van der Waals surface area contributed by atoms with E-state index in [0.29, 0.717) is 11.4 Å². The summed E-state index contributed by atoms with van der Waals surface area (Å²) in [6.07, 6.45) is 0. The Morgan fingerprint density at radius 2 is 1.74 bits per heavy atom. The maximum atomic E-state index is 11.8. The van der Waals surface area contributed by atoms with Gasteiger partial charge in [-0.15, -0.1) is 0 Å². The first-order valence-electron chi connectivity index (χ1n) is 6.87. The standard InChI is InChI=1S/C16H14N4O3/c17-13-4-2-1-3-9(13)8-20(16(18)23)10-5-6-11-12(7-10)15(22)19-14(11)21/h1-7H,8,17H2,(H2,18,23)(H,19,21,22). The van der Waals surface area contributed by atoms with Crippen molar-refractivity contribution in [3.63, 3.8) is 0 Å². The normalized spacial score (nSPS) is 12.7. The molecule has 0 bridgehead atoms. The lowest BCUT2D eigenvalue weighted by molar-refractivity contribution is 0.0879. The summed E-state index contributed by atoms with van der Waals surface area (Å²) in [4.78, 5) is 36.4. The van der Waals surface area contributed by atoms with Crippen LogP contribution in [0.5, 0.6) is 0 Å². The third-order valence-corrected chi connectivity index (χ3v) is 3.68. The molecular weight excluding hydrogens is 296 g/mol. The third-order valence-electron chi connectivity index (χ3n) is 3.68. The second-order valence-electron chi connectivity index (χ2n) is 5.14. The van der Waals surface area contributed by atoms with Crippen LogP contribution in [0.1, 0.15) is 26.3 Å². The average molecular weight is 310 g/mol. The van der Waals surface area contributed by atoms with Crippen molar-refractivity contribution in [3.8, 4) is 0 Å². The summed E-state index contributed by atoms with van der Waals surface area (Å²) >= 11 is 0. The molecular formula is C16H14N4O3. The molecule has 7 nitrogen and oxygen atoms in total. The molecule has 1 heterocycles. The van der Waals surface area contributed by atoms with E-state index >= 15 is 0 Å². The summed E-state index contributed by atoms with van der Waals surface area (Å²) in [7, 11) is 0. The van der Waals surface area contributed by atoms with Crippen LogP contribution in [0, 0.1) is 0 Å². The van der Waals surface area contributed by atoms with E-state index in [1.54, 1.807) is 30.3 Å². The van der Waals surface area contributed by atoms with Crippen LogP contribution in [0.15, 0.2) is 42.5 Å². The minimum Gasteiger partial charge on any atom is -0.398 e. The maximum absolute atomic E-state index is 11.8. The molecule has 2 aromatic rings. The molecule has 0 saturated heterocycles. The van der Waals surface area contributed by atoms with E-state index < -0.39 is 17.8 Å². The Morgan fingerprint density at radius 1 is 1.04 bits per heavy atom. The highest BCUT2D eigenvalue weighted by molar-refractivity contribution is 6.22. The SMILES string of the molecule is NC(=O)N(Cc1ccccc1N)c1ccc2c(c1)C(=O)NC2=O. The lowest BCUT2D eigenvalue weighted by atomic mass is 10.1. The van der Waals surface area contributed by atoms with Gasteiger partial charge in [-0.25, -0.2) is 4.79 Å². The topological polar surface area (TPSA) is 119 Å². The van der Waals surface area contributed by atoms with E-state index in [-0.39, 0.29) is 17.7 Å². The molecule has 0 spiro atoms. The van der Waals surface area contributed by atoms with Crippen molar-refractivity contribution >= 4 is 29.2 Å². The van der Waals surface area contributed by atoms with E-state index in [1.165, 1.54) is 17.0 Å². The molecule has 116 valence electrons. The molecule has 0 aromatic heterocycles. The highest BCUT2D eigenvalue weighted by atomic mass is 16.2. The minimum absolute atomic E-state index is 0.163. The van der Waals surface area contributed by atoms with Crippen LogP contribution in [0.2, 0.25) is 0 Å². The number of fused-ring (bicyclic) bond motifs is 1. The molecule has 2 aromatic carbocycles. The van der Waals surface area contributed by atoms with Gasteiger partial charge < -0.3 is 11.5 Å². The zero-order valence-electron chi connectivity index (χ0n) is 12.1. The lowest BCUT2D eigenvalue weighted by Crippen LogP contribution is -2.35. The van der Waals surface area contributed by atoms with Gasteiger partial charge in [0, 0.05) is 11.4 Å². The predicted octanol–water partition coefficient (Wildman–Crippen LogP) is 1.24. The predicted molar refractivity (Wildman–Crippen MR) is 84.9 cm³/mol. The number of benzene rings is 2. The van der Waals surface area contributed by atoms with Crippen molar-refractivity contribution in [2.45, 2.75) is 6.54 Å². The van der Waals surface area contributed by atoms with E-state index in [1.807, 2.05) is 0 Å².